The summed E-state index contributed by atoms with van der Waals surface area (Å²) < 4.78 is 0. The highest BCUT2D eigenvalue weighted by atomic mass is 16.4. The van der Waals surface area contributed by atoms with E-state index in [2.05, 4.69) is 31.1 Å². The molecule has 2 aromatic rings. The molecule has 0 spiro atoms. The lowest BCUT2D eigenvalue weighted by Crippen LogP contribution is -2.14. The first-order chi connectivity index (χ1) is 13.9. The van der Waals surface area contributed by atoms with Crippen molar-refractivity contribution in [2.24, 2.45) is 5.16 Å². The van der Waals surface area contributed by atoms with Crippen LogP contribution >= 0.6 is 0 Å². The molecule has 0 aliphatic heterocycles. The third kappa shape index (κ3) is 5.47. The fourth-order valence-corrected chi connectivity index (χ4v) is 3.70. The molecule has 0 saturated heterocycles. The second-order valence-corrected chi connectivity index (χ2v) is 7.01. The van der Waals surface area contributed by atoms with Gasteiger partial charge in [0, 0.05) is 11.1 Å². The van der Waals surface area contributed by atoms with Crippen LogP contribution in [0.25, 0.3) is 0 Å². The third-order valence-corrected chi connectivity index (χ3v) is 5.28. The van der Waals surface area contributed by atoms with Crippen molar-refractivity contribution in [1.82, 2.24) is 0 Å². The van der Waals surface area contributed by atoms with E-state index in [1.165, 1.54) is 29.7 Å². The van der Waals surface area contributed by atoms with E-state index in [0.717, 1.165) is 17.5 Å². The number of aryl methyl sites for hydroxylation is 1. The van der Waals surface area contributed by atoms with Crippen molar-refractivity contribution in [3.63, 3.8) is 0 Å². The van der Waals surface area contributed by atoms with Crippen LogP contribution in [0.5, 0.6) is 0 Å². The Morgan fingerprint density at radius 2 is 1.34 bits per heavy atom. The third-order valence-electron chi connectivity index (χ3n) is 5.28. The van der Waals surface area contributed by atoms with Gasteiger partial charge in [-0.15, -0.1) is 0 Å². The zero-order chi connectivity index (χ0) is 22.1. The van der Waals surface area contributed by atoms with Crippen LogP contribution in [0.1, 0.15) is 104 Å². The van der Waals surface area contributed by atoms with Crippen LogP contribution in [0.3, 0.4) is 0 Å². The SMILES string of the molecule is CC.CC.Cc1cc2c(cc1/C(=N\O)c1ccc(C(=O)O)cc1)C(C)CCC2C. The minimum Gasteiger partial charge on any atom is -0.478 e. The van der Waals surface area contributed by atoms with Gasteiger partial charge in [-0.1, -0.05) is 64.9 Å². The van der Waals surface area contributed by atoms with Crippen LogP contribution in [0.2, 0.25) is 0 Å². The predicted molar refractivity (Wildman–Crippen MR) is 121 cm³/mol. The molecule has 29 heavy (non-hydrogen) atoms. The lowest BCUT2D eigenvalue weighted by atomic mass is 9.76. The number of oxime groups is 1. The van der Waals surface area contributed by atoms with Crippen molar-refractivity contribution in [1.29, 1.82) is 0 Å². The van der Waals surface area contributed by atoms with Gasteiger partial charge in [-0.25, -0.2) is 4.79 Å². The van der Waals surface area contributed by atoms with Crippen LogP contribution in [0.4, 0.5) is 0 Å². The Morgan fingerprint density at radius 3 is 1.79 bits per heavy atom. The van der Waals surface area contributed by atoms with Crippen molar-refractivity contribution in [3.8, 4) is 0 Å². The Morgan fingerprint density at radius 1 is 0.897 bits per heavy atom. The summed E-state index contributed by atoms with van der Waals surface area (Å²) in [5, 5.41) is 22.2. The molecular weight excluding hydrogens is 362 g/mol. The number of aromatic carboxylic acids is 1. The van der Waals surface area contributed by atoms with Gasteiger partial charge >= 0.3 is 5.97 Å². The molecule has 0 radical (unpaired) electrons. The topological polar surface area (TPSA) is 69.9 Å². The van der Waals surface area contributed by atoms with Gasteiger partial charge < -0.3 is 10.3 Å². The van der Waals surface area contributed by atoms with E-state index in [1.807, 2.05) is 34.6 Å². The van der Waals surface area contributed by atoms with Crippen LogP contribution in [-0.2, 0) is 0 Å². The fraction of sp³-hybridized carbons (Fsp3) is 0.440. The molecule has 1 aliphatic carbocycles. The molecule has 0 heterocycles. The highest BCUT2D eigenvalue weighted by Crippen LogP contribution is 2.39. The average Bonchev–Trinajstić information content (AvgIpc) is 2.75. The van der Waals surface area contributed by atoms with Crippen LogP contribution in [0, 0.1) is 6.92 Å². The second kappa shape index (κ2) is 11.4. The average molecular weight is 398 g/mol. The maximum absolute atomic E-state index is 11.0. The maximum atomic E-state index is 11.0. The van der Waals surface area contributed by atoms with Crippen molar-refractivity contribution in [3.05, 3.63) is 69.8 Å². The molecule has 0 bridgehead atoms. The Hall–Kier alpha value is -2.62. The highest BCUT2D eigenvalue weighted by Gasteiger charge is 2.24. The number of carboxylic acid groups (broad SMARTS) is 1. The zero-order valence-electron chi connectivity index (χ0n) is 18.8. The van der Waals surface area contributed by atoms with E-state index in [9.17, 15) is 10.0 Å². The smallest absolute Gasteiger partial charge is 0.335 e. The van der Waals surface area contributed by atoms with Crippen LogP contribution < -0.4 is 0 Å². The summed E-state index contributed by atoms with van der Waals surface area (Å²) in [6.45, 7) is 14.5. The summed E-state index contributed by atoms with van der Waals surface area (Å²) in [7, 11) is 0. The van der Waals surface area contributed by atoms with Crippen LogP contribution in [-0.4, -0.2) is 22.0 Å². The molecule has 2 unspecified atom stereocenters. The minimum absolute atomic E-state index is 0.214. The summed E-state index contributed by atoms with van der Waals surface area (Å²) >= 11 is 0. The van der Waals surface area contributed by atoms with Crippen LogP contribution in [0.15, 0.2) is 41.6 Å². The number of rotatable bonds is 3. The lowest BCUT2D eigenvalue weighted by molar-refractivity contribution is 0.0697. The number of benzene rings is 2. The van der Waals surface area contributed by atoms with Gasteiger partial charge in [-0.3, -0.25) is 0 Å². The number of fused-ring (bicyclic) bond motifs is 1. The summed E-state index contributed by atoms with van der Waals surface area (Å²) in [6, 6.07) is 10.8. The summed E-state index contributed by atoms with van der Waals surface area (Å²) in [5.41, 5.74) is 6.06. The Balaban J connectivity index is 0.000000989. The van der Waals surface area contributed by atoms with E-state index in [1.54, 1.807) is 12.1 Å². The van der Waals surface area contributed by atoms with Gasteiger partial charge in [0.05, 0.1) is 5.56 Å². The first-order valence-electron chi connectivity index (χ1n) is 10.6. The molecule has 2 atom stereocenters. The Bertz CT molecular complexity index is 838. The zero-order valence-corrected chi connectivity index (χ0v) is 18.8. The molecule has 4 heteroatoms. The molecule has 158 valence electrons. The predicted octanol–water partition coefficient (Wildman–Crippen LogP) is 6.97. The molecule has 2 N–H and O–H groups in total. The largest absolute Gasteiger partial charge is 0.478 e. The Labute approximate surface area is 175 Å². The molecule has 0 saturated carbocycles. The van der Waals surface area contributed by atoms with Crippen molar-refractivity contribution < 1.29 is 15.1 Å². The number of hydrogen-bond donors (Lipinski definition) is 2. The number of nitrogens with zero attached hydrogens (tertiary/aromatic N) is 1. The minimum atomic E-state index is -0.971. The fourth-order valence-electron chi connectivity index (χ4n) is 3.70. The quantitative estimate of drug-likeness (QED) is 0.334. The summed E-state index contributed by atoms with van der Waals surface area (Å²) in [6.07, 6.45) is 2.36. The van der Waals surface area contributed by atoms with E-state index in [4.69, 9.17) is 5.11 Å². The van der Waals surface area contributed by atoms with E-state index < -0.39 is 5.97 Å². The van der Waals surface area contributed by atoms with Gasteiger partial charge in [0.1, 0.15) is 5.71 Å². The van der Waals surface area contributed by atoms with Gasteiger partial charge in [-0.05, 0) is 66.5 Å². The summed E-state index contributed by atoms with van der Waals surface area (Å²) in [5.74, 6) is 0.0602. The van der Waals surface area contributed by atoms with Gasteiger partial charge in [0.15, 0.2) is 0 Å². The van der Waals surface area contributed by atoms with E-state index in [-0.39, 0.29) is 5.56 Å². The lowest BCUT2D eigenvalue weighted by Gasteiger charge is -2.29. The molecule has 0 amide bonds. The molecule has 3 rings (SSSR count). The van der Waals surface area contributed by atoms with E-state index in [0.29, 0.717) is 23.1 Å². The van der Waals surface area contributed by atoms with Gasteiger partial charge in [-0.2, -0.15) is 0 Å². The van der Waals surface area contributed by atoms with Gasteiger partial charge in [0.2, 0.25) is 0 Å². The first-order valence-corrected chi connectivity index (χ1v) is 10.6. The molecule has 4 nitrogen and oxygen atoms in total. The highest BCUT2D eigenvalue weighted by molar-refractivity contribution is 6.13. The number of carboxylic acids is 1. The molecule has 0 aromatic heterocycles. The summed E-state index contributed by atoms with van der Waals surface area (Å²) in [4.78, 5) is 11.0. The number of carbonyl (C=O) groups is 1. The second-order valence-electron chi connectivity index (χ2n) is 7.01. The van der Waals surface area contributed by atoms with Gasteiger partial charge in [0.25, 0.3) is 0 Å². The molecule has 2 aromatic carbocycles. The number of hydrogen-bond acceptors (Lipinski definition) is 3. The van der Waals surface area contributed by atoms with Crippen molar-refractivity contribution >= 4 is 11.7 Å². The van der Waals surface area contributed by atoms with Crippen molar-refractivity contribution in [2.75, 3.05) is 0 Å². The molecular formula is C25H35NO3. The first kappa shape index (κ1) is 24.4. The van der Waals surface area contributed by atoms with E-state index >= 15 is 0 Å². The van der Waals surface area contributed by atoms with Crippen molar-refractivity contribution in [2.45, 2.75) is 73.1 Å². The standard InChI is InChI=1S/C21H23NO3.2C2H6/c1-12-4-5-13(2)18-11-19(14(3)10-17(12)18)20(22-25)15-6-8-16(9-7-15)21(23)24;2*1-2/h6-13,25H,4-5H2,1-3H3,(H,23,24);2*1-2H3/b22-20-;;. The molecule has 1 aliphatic rings. The molecule has 0 fully saturated rings. The maximum Gasteiger partial charge on any atom is 0.335 e. The monoisotopic (exact) mass is 397 g/mol. The normalized spacial score (nSPS) is 17.8. The Kier molecular flexibility index (Phi) is 9.60.